The Morgan fingerprint density at radius 1 is 1.03 bits per heavy atom. The lowest BCUT2D eigenvalue weighted by molar-refractivity contribution is 0.430. The van der Waals surface area contributed by atoms with E-state index in [2.05, 4.69) is 78.9 Å². The molecule has 0 radical (unpaired) electrons. The largest absolute Gasteiger partial charge is 0.346 e. The number of nitrogens with zero attached hydrogens (tertiary/aromatic N) is 1. The van der Waals surface area contributed by atoms with Crippen LogP contribution in [0.15, 0.2) is 77.6 Å². The molecule has 0 saturated heterocycles. The zero-order valence-corrected chi connectivity index (χ0v) is 17.8. The average Bonchev–Trinajstić information content (AvgIpc) is 3.35. The summed E-state index contributed by atoms with van der Waals surface area (Å²) in [6, 6.07) is 20.4. The summed E-state index contributed by atoms with van der Waals surface area (Å²) in [7, 11) is 2.07. The minimum absolute atomic E-state index is 0.106. The van der Waals surface area contributed by atoms with Gasteiger partial charge in [0.25, 0.3) is 0 Å². The summed E-state index contributed by atoms with van der Waals surface area (Å²) in [6.45, 7) is 3.19. The Bertz CT molecular complexity index is 1200. The topological polar surface area (TPSA) is 40.2 Å². The second-order valence-electron chi connectivity index (χ2n) is 8.68. The summed E-state index contributed by atoms with van der Waals surface area (Å²) in [5.74, 6) is 0. The Morgan fingerprint density at radius 3 is 2.57 bits per heavy atom. The molecule has 5 rings (SSSR count). The molecule has 3 nitrogen and oxygen atoms in total. The van der Waals surface area contributed by atoms with E-state index in [0.29, 0.717) is 0 Å². The monoisotopic (exact) mass is 395 g/mol. The molecule has 2 heterocycles. The standard InChI is InChI=1S/C27H29N3/c1-3-19-13-25(24-11-12-29-26(24)30-17-19)20-9-6-10-23(14-20)27(18-28-2)15-21-7-4-5-8-22(21)16-27/h4-12,14,17,28H,3,13,15-16,18H2,1-2H3,(H,29,30). The number of aromatic nitrogens is 1. The minimum atomic E-state index is 0.106. The van der Waals surface area contributed by atoms with Gasteiger partial charge in [0.15, 0.2) is 0 Å². The Balaban J connectivity index is 1.62. The van der Waals surface area contributed by atoms with E-state index < -0.39 is 0 Å². The molecule has 3 aromatic rings. The van der Waals surface area contributed by atoms with Crippen LogP contribution in [0.3, 0.4) is 0 Å². The Labute approximate surface area is 178 Å². The van der Waals surface area contributed by atoms with Gasteiger partial charge in [-0.05, 0) is 72.2 Å². The molecule has 0 fully saturated rings. The molecule has 1 aliphatic carbocycles. The molecule has 0 saturated carbocycles. The zero-order valence-electron chi connectivity index (χ0n) is 17.8. The van der Waals surface area contributed by atoms with Crippen LogP contribution in [0.25, 0.3) is 5.57 Å². The fourth-order valence-electron chi connectivity index (χ4n) is 5.21. The van der Waals surface area contributed by atoms with E-state index >= 15 is 0 Å². The highest BCUT2D eigenvalue weighted by molar-refractivity contribution is 5.68. The highest BCUT2D eigenvalue weighted by Gasteiger charge is 2.38. The first-order chi connectivity index (χ1) is 14.7. The van der Waals surface area contributed by atoms with E-state index in [4.69, 9.17) is 4.99 Å². The van der Waals surface area contributed by atoms with E-state index in [-0.39, 0.29) is 5.41 Å². The van der Waals surface area contributed by atoms with Crippen LogP contribution in [0.1, 0.15) is 42.0 Å². The fourth-order valence-corrected chi connectivity index (χ4v) is 5.21. The van der Waals surface area contributed by atoms with Crippen molar-refractivity contribution in [2.45, 2.75) is 38.0 Å². The maximum Gasteiger partial charge on any atom is 0.137 e. The molecule has 1 aliphatic heterocycles. The third-order valence-electron chi connectivity index (χ3n) is 6.80. The van der Waals surface area contributed by atoms with Gasteiger partial charge in [0.05, 0.1) is 0 Å². The number of likely N-dealkylation sites (N-methyl/N-ethyl adjacent to an activating group) is 1. The van der Waals surface area contributed by atoms with E-state index in [0.717, 1.165) is 37.7 Å². The molecule has 0 atom stereocenters. The SMILES string of the molecule is CCC1=CN=c2[nH]ccc2=C(c2cccc(C3(CNC)Cc4ccccc4C3)c2)C1. The molecule has 2 aliphatic rings. The number of hydrogen-bond acceptors (Lipinski definition) is 2. The number of rotatable bonds is 5. The summed E-state index contributed by atoms with van der Waals surface area (Å²) in [4.78, 5) is 8.01. The quantitative estimate of drug-likeness (QED) is 0.678. The normalized spacial score (nSPS) is 17.0. The van der Waals surface area contributed by atoms with Gasteiger partial charge in [0.2, 0.25) is 0 Å². The van der Waals surface area contributed by atoms with Crippen molar-refractivity contribution in [2.24, 2.45) is 4.99 Å². The van der Waals surface area contributed by atoms with Gasteiger partial charge in [-0.2, -0.15) is 0 Å². The first-order valence-electron chi connectivity index (χ1n) is 11.0. The molecule has 0 amide bonds. The van der Waals surface area contributed by atoms with Crippen LogP contribution in [0, 0.1) is 0 Å². The van der Waals surface area contributed by atoms with E-state index in [9.17, 15) is 0 Å². The second-order valence-corrected chi connectivity index (χ2v) is 8.68. The molecule has 2 N–H and O–H groups in total. The van der Waals surface area contributed by atoms with Crippen LogP contribution >= 0.6 is 0 Å². The highest BCUT2D eigenvalue weighted by Crippen LogP contribution is 2.40. The van der Waals surface area contributed by atoms with Crippen molar-refractivity contribution < 1.29 is 0 Å². The number of H-pyrrole nitrogens is 1. The van der Waals surface area contributed by atoms with Crippen LogP contribution in [0.5, 0.6) is 0 Å². The van der Waals surface area contributed by atoms with Crippen molar-refractivity contribution in [2.75, 3.05) is 13.6 Å². The minimum Gasteiger partial charge on any atom is -0.346 e. The van der Waals surface area contributed by atoms with E-state index in [1.807, 2.05) is 12.4 Å². The molecule has 2 aromatic carbocycles. The lowest BCUT2D eigenvalue weighted by Crippen LogP contribution is -2.37. The Hall–Kier alpha value is -2.91. The first-order valence-corrected chi connectivity index (χ1v) is 11.0. The summed E-state index contributed by atoms with van der Waals surface area (Å²) >= 11 is 0. The average molecular weight is 396 g/mol. The molecule has 0 spiro atoms. The maximum absolute atomic E-state index is 4.70. The fraction of sp³-hybridized carbons (Fsp3) is 0.296. The number of allylic oxidation sites excluding steroid dienone is 1. The van der Waals surface area contributed by atoms with Gasteiger partial charge in [0, 0.05) is 29.6 Å². The van der Waals surface area contributed by atoms with Crippen LogP contribution < -0.4 is 16.0 Å². The number of hydrogen-bond donors (Lipinski definition) is 2. The second kappa shape index (κ2) is 7.73. The molecular weight excluding hydrogens is 366 g/mol. The van der Waals surface area contributed by atoms with Gasteiger partial charge in [-0.1, -0.05) is 55.5 Å². The van der Waals surface area contributed by atoms with Gasteiger partial charge in [-0.15, -0.1) is 0 Å². The smallest absolute Gasteiger partial charge is 0.137 e. The Kier molecular flexibility index (Phi) is 4.92. The van der Waals surface area contributed by atoms with Gasteiger partial charge < -0.3 is 10.3 Å². The summed E-state index contributed by atoms with van der Waals surface area (Å²) in [5.41, 5.74) is 9.54. The third-order valence-corrected chi connectivity index (χ3v) is 6.80. The number of benzene rings is 2. The molecule has 0 bridgehead atoms. The third kappa shape index (κ3) is 3.23. The van der Waals surface area contributed by atoms with Crippen LogP contribution in [0.2, 0.25) is 0 Å². The first kappa shape index (κ1) is 19.1. The van der Waals surface area contributed by atoms with Crippen molar-refractivity contribution in [3.63, 3.8) is 0 Å². The maximum atomic E-state index is 4.70. The van der Waals surface area contributed by atoms with Crippen molar-refractivity contribution in [1.82, 2.24) is 10.3 Å². The Morgan fingerprint density at radius 2 is 1.83 bits per heavy atom. The van der Waals surface area contributed by atoms with Gasteiger partial charge in [-0.3, -0.25) is 0 Å². The predicted octanol–water partition coefficient (Wildman–Crippen LogP) is 3.79. The molecule has 1 aromatic heterocycles. The summed E-state index contributed by atoms with van der Waals surface area (Å²) < 4.78 is 0. The molecular formula is C27H29N3. The van der Waals surface area contributed by atoms with Crippen molar-refractivity contribution in [3.05, 3.63) is 106 Å². The summed E-state index contributed by atoms with van der Waals surface area (Å²) in [5, 5.41) is 4.71. The van der Waals surface area contributed by atoms with Crippen LogP contribution in [-0.4, -0.2) is 18.6 Å². The van der Waals surface area contributed by atoms with Crippen molar-refractivity contribution in [1.29, 1.82) is 0 Å². The molecule has 0 unspecified atom stereocenters. The molecule has 152 valence electrons. The van der Waals surface area contributed by atoms with Crippen LogP contribution in [-0.2, 0) is 18.3 Å². The van der Waals surface area contributed by atoms with Gasteiger partial charge >= 0.3 is 0 Å². The van der Waals surface area contributed by atoms with Crippen molar-refractivity contribution >= 4 is 5.57 Å². The van der Waals surface area contributed by atoms with Crippen LogP contribution in [0.4, 0.5) is 0 Å². The highest BCUT2D eigenvalue weighted by atomic mass is 14.8. The van der Waals surface area contributed by atoms with Gasteiger partial charge in [0.1, 0.15) is 5.49 Å². The number of fused-ring (bicyclic) bond motifs is 2. The molecule has 30 heavy (non-hydrogen) atoms. The number of nitrogens with one attached hydrogen (secondary N) is 2. The van der Waals surface area contributed by atoms with Crippen molar-refractivity contribution in [3.8, 4) is 0 Å². The van der Waals surface area contributed by atoms with E-state index in [1.54, 1.807) is 0 Å². The lowest BCUT2D eigenvalue weighted by Gasteiger charge is -2.30. The zero-order chi connectivity index (χ0) is 20.6. The molecule has 3 heteroatoms. The predicted molar refractivity (Wildman–Crippen MR) is 123 cm³/mol. The lowest BCUT2D eigenvalue weighted by atomic mass is 9.76. The number of aromatic amines is 1. The summed E-state index contributed by atoms with van der Waals surface area (Å²) in [6.07, 6.45) is 8.20. The van der Waals surface area contributed by atoms with Gasteiger partial charge in [-0.25, -0.2) is 4.99 Å². The van der Waals surface area contributed by atoms with E-state index in [1.165, 1.54) is 38.6 Å².